The van der Waals surface area contributed by atoms with Crippen molar-refractivity contribution in [1.82, 2.24) is 19.9 Å². The zero-order valence-electron chi connectivity index (χ0n) is 14.6. The van der Waals surface area contributed by atoms with Crippen LogP contribution < -0.4 is 10.1 Å². The molecule has 1 N–H and O–H groups in total. The molecule has 0 unspecified atom stereocenters. The van der Waals surface area contributed by atoms with Crippen LogP contribution in [0.5, 0.6) is 5.75 Å². The number of rotatable bonds is 5. The van der Waals surface area contributed by atoms with Crippen molar-refractivity contribution >= 4 is 22.4 Å². The summed E-state index contributed by atoms with van der Waals surface area (Å²) in [5.41, 5.74) is 2.02. The number of anilines is 2. The van der Waals surface area contributed by atoms with Gasteiger partial charge in [-0.1, -0.05) is 0 Å². The van der Waals surface area contributed by atoms with Gasteiger partial charge in [-0.25, -0.2) is 14.4 Å². The monoisotopic (exact) mass is 361 g/mol. The Morgan fingerprint density at radius 2 is 1.96 bits per heavy atom. The molecule has 3 aromatic heterocycles. The minimum absolute atomic E-state index is 0.430. The van der Waals surface area contributed by atoms with Crippen LogP contribution in [-0.4, -0.2) is 26.5 Å². The van der Waals surface area contributed by atoms with Gasteiger partial charge >= 0.3 is 0 Å². The first-order chi connectivity index (χ1) is 13.2. The van der Waals surface area contributed by atoms with Gasteiger partial charge in [0.15, 0.2) is 5.82 Å². The number of halogens is 1. The summed E-state index contributed by atoms with van der Waals surface area (Å²) in [6, 6.07) is 10.7. The van der Waals surface area contributed by atoms with Crippen molar-refractivity contribution in [3.05, 3.63) is 67.0 Å². The lowest BCUT2D eigenvalue weighted by atomic mass is 10.2. The van der Waals surface area contributed by atoms with Gasteiger partial charge in [-0.15, -0.1) is 0 Å². The summed E-state index contributed by atoms with van der Waals surface area (Å²) in [6.07, 6.45) is 6.07. The molecule has 0 saturated carbocycles. The Kier molecular flexibility index (Phi) is 4.57. The number of aromatic nitrogens is 4. The minimum atomic E-state index is -0.430. The first-order valence-electron chi connectivity index (χ1n) is 8.45. The van der Waals surface area contributed by atoms with E-state index < -0.39 is 5.82 Å². The Hall–Kier alpha value is -3.61. The Bertz CT molecular complexity index is 1090. The Morgan fingerprint density at radius 1 is 1.04 bits per heavy atom. The first kappa shape index (κ1) is 16.8. The van der Waals surface area contributed by atoms with Crippen molar-refractivity contribution in [2.75, 3.05) is 11.9 Å². The zero-order valence-corrected chi connectivity index (χ0v) is 14.6. The molecule has 0 aliphatic carbocycles. The number of ether oxygens (including phenoxy) is 1. The van der Waals surface area contributed by atoms with E-state index in [9.17, 15) is 4.39 Å². The molecule has 0 amide bonds. The van der Waals surface area contributed by atoms with E-state index in [-0.39, 0.29) is 0 Å². The second-order valence-electron chi connectivity index (χ2n) is 5.77. The van der Waals surface area contributed by atoms with Crippen LogP contribution in [0, 0.1) is 5.82 Å². The molecule has 0 spiro atoms. The molecule has 6 nitrogen and oxygen atoms in total. The molecule has 0 radical (unpaired) electrons. The topological polar surface area (TPSA) is 72.8 Å². The van der Waals surface area contributed by atoms with Gasteiger partial charge in [0.2, 0.25) is 0 Å². The van der Waals surface area contributed by atoms with Crippen molar-refractivity contribution < 1.29 is 9.13 Å². The maximum Gasteiger partial charge on any atom is 0.163 e. The van der Waals surface area contributed by atoms with E-state index in [1.165, 1.54) is 12.3 Å². The van der Waals surface area contributed by atoms with Gasteiger partial charge in [-0.2, -0.15) is 0 Å². The molecule has 0 fully saturated rings. The van der Waals surface area contributed by atoms with Crippen molar-refractivity contribution in [2.24, 2.45) is 0 Å². The first-order valence-corrected chi connectivity index (χ1v) is 8.45. The number of benzene rings is 1. The zero-order chi connectivity index (χ0) is 18.6. The molecule has 0 atom stereocenters. The van der Waals surface area contributed by atoms with Crippen molar-refractivity contribution in [2.45, 2.75) is 6.92 Å². The standard InChI is InChI=1S/C20H16FN5O/c1-2-27-16-5-6-18-17(9-16)20(24-15-8-14(21)11-23-12-15)26-19(25-18)13-4-3-7-22-10-13/h3-12H,2H2,1H3,(H,24,25,26). The summed E-state index contributed by atoms with van der Waals surface area (Å²) in [6.45, 7) is 2.47. The maximum atomic E-state index is 13.5. The van der Waals surface area contributed by atoms with Crippen LogP contribution in [0.3, 0.4) is 0 Å². The second kappa shape index (κ2) is 7.33. The Balaban J connectivity index is 1.87. The van der Waals surface area contributed by atoms with Crippen molar-refractivity contribution in [3.8, 4) is 17.1 Å². The SMILES string of the molecule is CCOc1ccc2nc(-c3cccnc3)nc(Nc3cncc(F)c3)c2c1. The van der Waals surface area contributed by atoms with Gasteiger partial charge in [0.05, 0.1) is 30.2 Å². The minimum Gasteiger partial charge on any atom is -0.494 e. The number of hydrogen-bond donors (Lipinski definition) is 1. The van der Waals surface area contributed by atoms with E-state index in [0.29, 0.717) is 29.7 Å². The van der Waals surface area contributed by atoms with Crippen LogP contribution in [0.25, 0.3) is 22.3 Å². The molecule has 0 aliphatic rings. The number of pyridine rings is 2. The average Bonchev–Trinajstić information content (AvgIpc) is 2.69. The normalized spacial score (nSPS) is 10.7. The van der Waals surface area contributed by atoms with E-state index >= 15 is 0 Å². The third kappa shape index (κ3) is 3.67. The third-order valence-corrected chi connectivity index (χ3v) is 3.87. The van der Waals surface area contributed by atoms with Gasteiger partial charge in [0, 0.05) is 29.4 Å². The summed E-state index contributed by atoms with van der Waals surface area (Å²) >= 11 is 0. The fraction of sp³-hybridized carbons (Fsp3) is 0.100. The summed E-state index contributed by atoms with van der Waals surface area (Å²) in [5.74, 6) is 1.34. The van der Waals surface area contributed by atoms with E-state index in [0.717, 1.165) is 22.7 Å². The van der Waals surface area contributed by atoms with Gasteiger partial charge in [-0.3, -0.25) is 9.97 Å². The highest BCUT2D eigenvalue weighted by Gasteiger charge is 2.12. The second-order valence-corrected chi connectivity index (χ2v) is 5.77. The van der Waals surface area contributed by atoms with E-state index in [4.69, 9.17) is 4.74 Å². The molecule has 0 saturated heterocycles. The molecule has 27 heavy (non-hydrogen) atoms. The lowest BCUT2D eigenvalue weighted by Gasteiger charge is -2.12. The highest BCUT2D eigenvalue weighted by atomic mass is 19.1. The predicted octanol–water partition coefficient (Wildman–Crippen LogP) is 4.37. The highest BCUT2D eigenvalue weighted by Crippen LogP contribution is 2.30. The van der Waals surface area contributed by atoms with E-state index in [2.05, 4.69) is 25.3 Å². The van der Waals surface area contributed by atoms with Gasteiger partial charge in [-0.05, 0) is 37.3 Å². The molecule has 4 rings (SSSR count). The lowest BCUT2D eigenvalue weighted by molar-refractivity contribution is 0.340. The Morgan fingerprint density at radius 3 is 2.74 bits per heavy atom. The van der Waals surface area contributed by atoms with Gasteiger partial charge in [0.25, 0.3) is 0 Å². The van der Waals surface area contributed by atoms with E-state index in [1.54, 1.807) is 12.4 Å². The van der Waals surface area contributed by atoms with Gasteiger partial charge in [0.1, 0.15) is 17.4 Å². The van der Waals surface area contributed by atoms with Gasteiger partial charge < -0.3 is 10.1 Å². The summed E-state index contributed by atoms with van der Waals surface area (Å²) < 4.78 is 19.1. The predicted molar refractivity (Wildman–Crippen MR) is 101 cm³/mol. The number of nitrogens with zero attached hydrogens (tertiary/aromatic N) is 4. The fourth-order valence-corrected chi connectivity index (χ4v) is 2.70. The molecular weight excluding hydrogens is 345 g/mol. The quantitative estimate of drug-likeness (QED) is 0.569. The molecule has 0 aliphatic heterocycles. The number of nitrogens with one attached hydrogen (secondary N) is 1. The van der Waals surface area contributed by atoms with Crippen LogP contribution in [-0.2, 0) is 0 Å². The molecule has 1 aromatic carbocycles. The summed E-state index contributed by atoms with van der Waals surface area (Å²) in [4.78, 5) is 17.3. The number of fused-ring (bicyclic) bond motifs is 1. The van der Waals surface area contributed by atoms with Crippen molar-refractivity contribution in [3.63, 3.8) is 0 Å². The molecule has 134 valence electrons. The average molecular weight is 361 g/mol. The molecular formula is C20H16FN5O. The van der Waals surface area contributed by atoms with Crippen LogP contribution in [0.15, 0.2) is 61.2 Å². The summed E-state index contributed by atoms with van der Waals surface area (Å²) in [5, 5.41) is 3.90. The highest BCUT2D eigenvalue weighted by molar-refractivity contribution is 5.93. The molecule has 3 heterocycles. The maximum absolute atomic E-state index is 13.5. The molecule has 4 aromatic rings. The molecule has 0 bridgehead atoms. The summed E-state index contributed by atoms with van der Waals surface area (Å²) in [7, 11) is 0. The molecule has 7 heteroatoms. The third-order valence-electron chi connectivity index (χ3n) is 3.87. The lowest BCUT2D eigenvalue weighted by Crippen LogP contribution is -2.01. The van der Waals surface area contributed by atoms with Crippen LogP contribution in [0.2, 0.25) is 0 Å². The van der Waals surface area contributed by atoms with Crippen molar-refractivity contribution in [1.29, 1.82) is 0 Å². The number of hydrogen-bond acceptors (Lipinski definition) is 6. The van der Waals surface area contributed by atoms with Crippen LogP contribution in [0.1, 0.15) is 6.92 Å². The van der Waals surface area contributed by atoms with E-state index in [1.807, 2.05) is 37.3 Å². The fourth-order valence-electron chi connectivity index (χ4n) is 2.70. The Labute approximate surface area is 155 Å². The van der Waals surface area contributed by atoms with Crippen LogP contribution in [0.4, 0.5) is 15.9 Å². The largest absolute Gasteiger partial charge is 0.494 e. The van der Waals surface area contributed by atoms with Crippen LogP contribution >= 0.6 is 0 Å². The smallest absolute Gasteiger partial charge is 0.163 e.